The van der Waals surface area contributed by atoms with E-state index in [4.69, 9.17) is 5.73 Å². The second-order valence-electron chi connectivity index (χ2n) is 10.2. The Morgan fingerprint density at radius 2 is 1.72 bits per heavy atom. The highest BCUT2D eigenvalue weighted by atomic mass is 16.2. The van der Waals surface area contributed by atoms with E-state index in [1.165, 1.54) is 31.2 Å². The topological polar surface area (TPSA) is 74.8 Å². The summed E-state index contributed by atoms with van der Waals surface area (Å²) in [5, 5.41) is 0. The van der Waals surface area contributed by atoms with Gasteiger partial charge in [0.25, 0.3) is 0 Å². The Morgan fingerprint density at radius 3 is 2.28 bits per heavy atom. The lowest BCUT2D eigenvalue weighted by molar-refractivity contribution is -0.138. The summed E-state index contributed by atoms with van der Waals surface area (Å²) in [5.41, 5.74) is 9.01. The third-order valence-electron chi connectivity index (χ3n) is 7.55. The Balaban J connectivity index is 0.000000819. The molecule has 6 nitrogen and oxygen atoms in total. The van der Waals surface area contributed by atoms with Crippen LogP contribution in [0.15, 0.2) is 59.8 Å². The van der Waals surface area contributed by atoms with E-state index in [9.17, 15) is 4.79 Å². The maximum atomic E-state index is 13.1. The van der Waals surface area contributed by atoms with Crippen LogP contribution in [0.2, 0.25) is 0 Å². The van der Waals surface area contributed by atoms with Gasteiger partial charge in [0.2, 0.25) is 5.91 Å². The molecule has 3 aliphatic rings. The fourth-order valence-corrected chi connectivity index (χ4v) is 5.03. The number of nitrogens with two attached hydrogens (primary N) is 1. The van der Waals surface area contributed by atoms with E-state index < -0.39 is 0 Å². The van der Waals surface area contributed by atoms with Gasteiger partial charge in [0.15, 0.2) is 0 Å². The maximum absolute atomic E-state index is 13.1. The molecule has 0 aromatic carbocycles. The van der Waals surface area contributed by atoms with Crippen LogP contribution in [0.3, 0.4) is 0 Å². The smallest absolute Gasteiger partial charge is 0.225 e. The van der Waals surface area contributed by atoms with Crippen LogP contribution < -0.4 is 5.73 Å². The maximum Gasteiger partial charge on any atom is 0.225 e. The first-order valence-electron chi connectivity index (χ1n) is 13.7. The molecule has 0 bridgehead atoms. The molecule has 2 aliphatic heterocycles. The molecule has 1 saturated carbocycles. The monoisotopic (exact) mass is 491 g/mol. The van der Waals surface area contributed by atoms with Crippen LogP contribution in [0.1, 0.15) is 63.9 Å². The Labute approximate surface area is 218 Å². The van der Waals surface area contributed by atoms with Gasteiger partial charge >= 0.3 is 0 Å². The number of hydrogen-bond donors (Lipinski definition) is 1. The van der Waals surface area contributed by atoms with Gasteiger partial charge in [-0.25, -0.2) is 4.98 Å². The molecule has 196 valence electrons. The zero-order valence-electron chi connectivity index (χ0n) is 22.4. The number of carbonyl (C=O) groups is 1. The van der Waals surface area contributed by atoms with Crippen molar-refractivity contribution in [2.45, 2.75) is 64.8 Å². The van der Waals surface area contributed by atoms with Gasteiger partial charge in [0.1, 0.15) is 5.82 Å². The van der Waals surface area contributed by atoms with Gasteiger partial charge in [0, 0.05) is 50.4 Å². The van der Waals surface area contributed by atoms with Crippen molar-refractivity contribution in [2.75, 3.05) is 39.0 Å². The minimum atomic E-state index is 0.142. The lowest BCUT2D eigenvalue weighted by Gasteiger charge is -2.37. The van der Waals surface area contributed by atoms with Gasteiger partial charge in [-0.1, -0.05) is 56.6 Å². The average Bonchev–Trinajstić information content (AvgIpc) is 2.84. The number of rotatable bonds is 7. The van der Waals surface area contributed by atoms with Crippen molar-refractivity contribution in [3.8, 4) is 0 Å². The molecule has 0 spiro atoms. The Kier molecular flexibility index (Phi) is 11.4. The van der Waals surface area contributed by atoms with E-state index in [2.05, 4.69) is 26.4 Å². The molecule has 1 aromatic rings. The Hall–Kier alpha value is -2.73. The summed E-state index contributed by atoms with van der Waals surface area (Å²) in [6.45, 7) is 10.6. The number of likely N-dealkylation sites (tertiary alicyclic amines) is 2. The predicted octanol–water partition coefficient (Wildman–Crippen LogP) is 5.43. The highest BCUT2D eigenvalue weighted by molar-refractivity contribution is 6.03. The number of aromatic nitrogens is 1. The quantitative estimate of drug-likeness (QED) is 0.407. The SMILES string of the molecule is C1CCC1.C=C(/C=C\C=C/C)C(=NC)C1CCN(C(=O)C2CCN(Cc3ccnc(N)c3)CC2)CC1. The van der Waals surface area contributed by atoms with E-state index in [-0.39, 0.29) is 5.92 Å². The number of carbonyl (C=O) groups excluding carboxylic acids is 1. The molecule has 1 amide bonds. The molecule has 4 rings (SSSR count). The molecule has 0 atom stereocenters. The average molecular weight is 492 g/mol. The summed E-state index contributed by atoms with van der Waals surface area (Å²) in [4.78, 5) is 26.2. The zero-order valence-corrected chi connectivity index (χ0v) is 22.4. The number of pyridine rings is 1. The van der Waals surface area contributed by atoms with Crippen LogP contribution in [0, 0.1) is 11.8 Å². The van der Waals surface area contributed by atoms with Gasteiger partial charge in [0.05, 0.1) is 0 Å². The summed E-state index contributed by atoms with van der Waals surface area (Å²) in [6.07, 6.45) is 19.5. The van der Waals surface area contributed by atoms with E-state index in [1.807, 2.05) is 50.4 Å². The first-order valence-corrected chi connectivity index (χ1v) is 13.7. The van der Waals surface area contributed by atoms with Crippen LogP contribution in [0.5, 0.6) is 0 Å². The van der Waals surface area contributed by atoms with Gasteiger partial charge in [-0.3, -0.25) is 14.7 Å². The lowest BCUT2D eigenvalue weighted by atomic mass is 9.87. The van der Waals surface area contributed by atoms with Crippen molar-refractivity contribution in [3.63, 3.8) is 0 Å². The predicted molar refractivity (Wildman–Crippen MR) is 151 cm³/mol. The van der Waals surface area contributed by atoms with Crippen molar-refractivity contribution in [2.24, 2.45) is 16.8 Å². The molecular formula is C30H45N5O. The first-order chi connectivity index (χ1) is 17.5. The van der Waals surface area contributed by atoms with E-state index in [1.54, 1.807) is 6.20 Å². The fourth-order valence-electron chi connectivity index (χ4n) is 5.03. The lowest BCUT2D eigenvalue weighted by Crippen LogP contribution is -2.46. The first kappa shape index (κ1) is 27.9. The third-order valence-corrected chi connectivity index (χ3v) is 7.55. The number of anilines is 1. The standard InChI is InChI=1S/C26H37N5O.C4H8/c1-4-5-6-7-20(2)25(28-3)22-11-16-31(17-12-22)26(32)23-9-14-30(15-10-23)19-21-8-13-29-24(27)18-21;1-2-4-3-1/h4-8,13,18,22-23H,2,9-12,14-17,19H2,1,3H3,(H2,27,29);1-4H2/b5-4-,7-6-,28-25?;. The molecule has 36 heavy (non-hydrogen) atoms. The number of aliphatic imine (C=N–C) groups is 1. The van der Waals surface area contributed by atoms with E-state index in [0.29, 0.717) is 17.6 Å². The van der Waals surface area contributed by atoms with Crippen LogP contribution in [-0.2, 0) is 11.3 Å². The van der Waals surface area contributed by atoms with Crippen molar-refractivity contribution in [1.29, 1.82) is 0 Å². The Morgan fingerprint density at radius 1 is 1.08 bits per heavy atom. The number of hydrogen-bond acceptors (Lipinski definition) is 5. The number of allylic oxidation sites excluding steroid dienone is 5. The summed E-state index contributed by atoms with van der Waals surface area (Å²) in [5.74, 6) is 1.41. The van der Waals surface area contributed by atoms with Crippen LogP contribution in [0.4, 0.5) is 5.82 Å². The molecule has 3 heterocycles. The van der Waals surface area contributed by atoms with E-state index in [0.717, 1.165) is 69.7 Å². The minimum absolute atomic E-state index is 0.142. The van der Waals surface area contributed by atoms with Crippen molar-refractivity contribution in [1.82, 2.24) is 14.8 Å². The summed E-state index contributed by atoms with van der Waals surface area (Å²) >= 11 is 0. The van der Waals surface area contributed by atoms with Crippen LogP contribution in [-0.4, -0.2) is 59.6 Å². The number of amides is 1. The van der Waals surface area contributed by atoms with Gasteiger partial charge in [-0.15, -0.1) is 0 Å². The van der Waals surface area contributed by atoms with Gasteiger partial charge in [-0.05, 0) is 69.0 Å². The normalized spacial score (nSPS) is 20.3. The molecule has 0 radical (unpaired) electrons. The number of nitrogen functional groups attached to an aromatic ring is 1. The molecule has 1 aliphatic carbocycles. The largest absolute Gasteiger partial charge is 0.384 e. The molecule has 6 heteroatoms. The molecule has 3 fully saturated rings. The van der Waals surface area contributed by atoms with Crippen molar-refractivity contribution < 1.29 is 4.79 Å². The van der Waals surface area contributed by atoms with Crippen molar-refractivity contribution in [3.05, 3.63) is 60.3 Å². The van der Waals surface area contributed by atoms with E-state index >= 15 is 0 Å². The zero-order chi connectivity index (χ0) is 25.8. The van der Waals surface area contributed by atoms with Gasteiger partial charge in [-0.2, -0.15) is 0 Å². The molecule has 2 saturated heterocycles. The van der Waals surface area contributed by atoms with Crippen molar-refractivity contribution >= 4 is 17.4 Å². The highest BCUT2D eigenvalue weighted by Gasteiger charge is 2.32. The second kappa shape index (κ2) is 14.7. The Bertz CT molecular complexity index is 926. The second-order valence-corrected chi connectivity index (χ2v) is 10.2. The van der Waals surface area contributed by atoms with Gasteiger partial charge < -0.3 is 10.6 Å². The number of nitrogens with zero attached hydrogens (tertiary/aromatic N) is 4. The molecular weight excluding hydrogens is 446 g/mol. The van der Waals surface area contributed by atoms with Crippen LogP contribution >= 0.6 is 0 Å². The molecule has 0 unspecified atom stereocenters. The summed E-state index contributed by atoms with van der Waals surface area (Å²) in [6, 6.07) is 3.94. The number of piperidine rings is 2. The summed E-state index contributed by atoms with van der Waals surface area (Å²) < 4.78 is 0. The fraction of sp³-hybridized carbons (Fsp3) is 0.567. The molecule has 2 N–H and O–H groups in total. The summed E-state index contributed by atoms with van der Waals surface area (Å²) in [7, 11) is 1.84. The van der Waals surface area contributed by atoms with Crippen LogP contribution in [0.25, 0.3) is 0 Å². The third kappa shape index (κ3) is 8.44. The molecule has 1 aromatic heterocycles. The minimum Gasteiger partial charge on any atom is -0.384 e. The highest BCUT2D eigenvalue weighted by Crippen LogP contribution is 2.27.